The highest BCUT2D eigenvalue weighted by Gasteiger charge is 2.18. The van der Waals surface area contributed by atoms with E-state index >= 15 is 0 Å². The molecule has 8 rings (SSSR count). The van der Waals surface area contributed by atoms with E-state index in [1.165, 1.54) is 88.0 Å². The normalized spacial score (nSPS) is 11.4. The third kappa shape index (κ3) is 4.31. The van der Waals surface area contributed by atoms with Gasteiger partial charge in [-0.25, -0.2) is 0 Å². The minimum absolute atomic E-state index is 1.23. The van der Waals surface area contributed by atoms with Gasteiger partial charge in [0.2, 0.25) is 0 Å². The second-order valence-corrected chi connectivity index (χ2v) is 11.8. The third-order valence-electron chi connectivity index (χ3n) is 9.14. The lowest BCUT2D eigenvalue weighted by atomic mass is 9.84. The number of rotatable bonds is 4. The second kappa shape index (κ2) is 10.7. The van der Waals surface area contributed by atoms with Crippen LogP contribution in [0.25, 0.3) is 76.8 Å². The minimum Gasteiger partial charge on any atom is -0.0620 e. The van der Waals surface area contributed by atoms with Crippen LogP contribution in [0.1, 0.15) is 11.1 Å². The lowest BCUT2D eigenvalue weighted by Gasteiger charge is -2.19. The summed E-state index contributed by atoms with van der Waals surface area (Å²) >= 11 is 0. The first-order chi connectivity index (χ1) is 21.7. The minimum atomic E-state index is 1.23. The van der Waals surface area contributed by atoms with Gasteiger partial charge in [-0.15, -0.1) is 0 Å². The van der Waals surface area contributed by atoms with Gasteiger partial charge in [0, 0.05) is 0 Å². The van der Waals surface area contributed by atoms with Gasteiger partial charge in [0.05, 0.1) is 0 Å². The van der Waals surface area contributed by atoms with Crippen molar-refractivity contribution in [1.29, 1.82) is 0 Å². The van der Waals surface area contributed by atoms with Crippen LogP contribution in [0.4, 0.5) is 0 Å². The Kier molecular flexibility index (Phi) is 6.35. The molecule has 8 aromatic carbocycles. The average molecular weight is 561 g/mol. The maximum atomic E-state index is 2.40. The van der Waals surface area contributed by atoms with Crippen molar-refractivity contribution in [1.82, 2.24) is 0 Å². The molecule has 0 heterocycles. The summed E-state index contributed by atoms with van der Waals surface area (Å²) in [6, 6.07) is 57.9. The van der Waals surface area contributed by atoms with Gasteiger partial charge in [-0.2, -0.15) is 0 Å². The molecule has 0 fully saturated rings. The first-order valence-corrected chi connectivity index (χ1v) is 15.4. The lowest BCUT2D eigenvalue weighted by Crippen LogP contribution is -1.93. The van der Waals surface area contributed by atoms with Crippen LogP contribution in [0.2, 0.25) is 0 Å². The number of hydrogen-bond acceptors (Lipinski definition) is 0. The topological polar surface area (TPSA) is 0 Å². The molecule has 8 aromatic rings. The van der Waals surface area contributed by atoms with Crippen molar-refractivity contribution >= 4 is 32.3 Å². The molecule has 0 bridgehead atoms. The number of benzene rings is 8. The number of aryl methyl sites for hydroxylation is 2. The molecule has 0 radical (unpaired) electrons. The van der Waals surface area contributed by atoms with Crippen LogP contribution in [0.3, 0.4) is 0 Å². The zero-order valence-corrected chi connectivity index (χ0v) is 25.0. The Balaban J connectivity index is 1.39. The maximum Gasteiger partial charge on any atom is -0.00262 e. The van der Waals surface area contributed by atoms with Crippen molar-refractivity contribution in [2.75, 3.05) is 0 Å². The molecule has 0 aliphatic rings. The van der Waals surface area contributed by atoms with Gasteiger partial charge >= 0.3 is 0 Å². The zero-order chi connectivity index (χ0) is 29.6. The molecule has 0 aromatic heterocycles. The van der Waals surface area contributed by atoms with Gasteiger partial charge < -0.3 is 0 Å². The Morgan fingerprint density at radius 3 is 1.45 bits per heavy atom. The Labute approximate surface area is 258 Å². The fourth-order valence-electron chi connectivity index (χ4n) is 7.01. The second-order valence-electron chi connectivity index (χ2n) is 11.8. The quantitative estimate of drug-likeness (QED) is 0.188. The Hall–Kier alpha value is -5.46. The molecule has 0 atom stereocenters. The first kappa shape index (κ1) is 26.2. The van der Waals surface area contributed by atoms with Gasteiger partial charge in [-0.3, -0.25) is 0 Å². The number of hydrogen-bond donors (Lipinski definition) is 0. The molecule has 0 heteroatoms. The standard InChI is InChI=1S/C44H32/c1-29-13-3-5-18-35(29)42-28-34(26-25-30(42)2)44-40-22-9-7-20-38(40)43(39-21-8-10-23-41(39)44)33-17-11-16-32(27-33)37-24-12-15-31-14-4-6-19-36(31)37/h3-28H,1-2H3. The fraction of sp³-hybridized carbons (Fsp3) is 0.0455. The van der Waals surface area contributed by atoms with Crippen molar-refractivity contribution in [3.8, 4) is 44.5 Å². The van der Waals surface area contributed by atoms with Crippen molar-refractivity contribution in [2.45, 2.75) is 13.8 Å². The highest BCUT2D eigenvalue weighted by atomic mass is 14.2. The van der Waals surface area contributed by atoms with Crippen LogP contribution in [-0.4, -0.2) is 0 Å². The van der Waals surface area contributed by atoms with Gasteiger partial charge in [-0.1, -0.05) is 146 Å². The molecule has 0 aliphatic heterocycles. The summed E-state index contributed by atoms with van der Waals surface area (Å²) in [5, 5.41) is 7.64. The van der Waals surface area contributed by atoms with Crippen LogP contribution >= 0.6 is 0 Å². The highest BCUT2D eigenvalue weighted by molar-refractivity contribution is 6.21. The SMILES string of the molecule is Cc1ccccc1-c1cc(-c2c3ccccc3c(-c3cccc(-c4cccc5ccccc45)c3)c3ccccc23)ccc1C. The first-order valence-electron chi connectivity index (χ1n) is 15.4. The predicted molar refractivity (Wildman–Crippen MR) is 190 cm³/mol. The Bertz CT molecular complexity index is 2290. The van der Waals surface area contributed by atoms with E-state index in [0.717, 1.165) is 0 Å². The summed E-state index contributed by atoms with van der Waals surface area (Å²) in [5.41, 5.74) is 12.7. The molecule has 0 nitrogen and oxygen atoms in total. The molecular formula is C44H32. The van der Waals surface area contributed by atoms with E-state index in [1.807, 2.05) is 0 Å². The maximum absolute atomic E-state index is 2.40. The number of fused-ring (bicyclic) bond motifs is 3. The van der Waals surface area contributed by atoms with E-state index in [9.17, 15) is 0 Å². The van der Waals surface area contributed by atoms with Gasteiger partial charge in [0.25, 0.3) is 0 Å². The van der Waals surface area contributed by atoms with Gasteiger partial charge in [-0.05, 0) is 114 Å². The largest absolute Gasteiger partial charge is 0.0620 e. The Morgan fingerprint density at radius 2 is 0.773 bits per heavy atom. The summed E-state index contributed by atoms with van der Waals surface area (Å²) in [7, 11) is 0. The predicted octanol–water partition coefficient (Wildman–Crippen LogP) is 12.4. The van der Waals surface area contributed by atoms with Crippen molar-refractivity contribution in [3.63, 3.8) is 0 Å². The Morgan fingerprint density at radius 1 is 0.295 bits per heavy atom. The molecule has 0 N–H and O–H groups in total. The van der Waals surface area contributed by atoms with Crippen LogP contribution in [0.15, 0.2) is 158 Å². The van der Waals surface area contributed by atoms with Crippen LogP contribution in [0, 0.1) is 13.8 Å². The van der Waals surface area contributed by atoms with Crippen molar-refractivity contribution in [3.05, 3.63) is 169 Å². The van der Waals surface area contributed by atoms with Crippen LogP contribution in [0.5, 0.6) is 0 Å². The molecule has 0 unspecified atom stereocenters. The van der Waals surface area contributed by atoms with Crippen molar-refractivity contribution in [2.24, 2.45) is 0 Å². The van der Waals surface area contributed by atoms with Gasteiger partial charge in [0.15, 0.2) is 0 Å². The van der Waals surface area contributed by atoms with Gasteiger partial charge in [0.1, 0.15) is 0 Å². The molecule has 0 spiro atoms. The molecule has 0 aliphatic carbocycles. The summed E-state index contributed by atoms with van der Waals surface area (Å²) in [6.45, 7) is 4.42. The zero-order valence-electron chi connectivity index (χ0n) is 25.0. The molecule has 0 amide bonds. The third-order valence-corrected chi connectivity index (χ3v) is 9.14. The molecule has 44 heavy (non-hydrogen) atoms. The van der Waals surface area contributed by atoms with E-state index in [-0.39, 0.29) is 0 Å². The van der Waals surface area contributed by atoms with E-state index < -0.39 is 0 Å². The molecule has 0 saturated carbocycles. The van der Waals surface area contributed by atoms with E-state index in [1.54, 1.807) is 0 Å². The van der Waals surface area contributed by atoms with E-state index in [4.69, 9.17) is 0 Å². The van der Waals surface area contributed by atoms with E-state index in [2.05, 4.69) is 172 Å². The highest BCUT2D eigenvalue weighted by Crippen LogP contribution is 2.45. The lowest BCUT2D eigenvalue weighted by molar-refractivity contribution is 1.41. The monoisotopic (exact) mass is 560 g/mol. The summed E-state index contributed by atoms with van der Waals surface area (Å²) < 4.78 is 0. The molecular weight excluding hydrogens is 528 g/mol. The summed E-state index contributed by atoms with van der Waals surface area (Å²) in [4.78, 5) is 0. The van der Waals surface area contributed by atoms with Crippen LogP contribution < -0.4 is 0 Å². The molecule has 208 valence electrons. The average Bonchev–Trinajstić information content (AvgIpc) is 3.07. The van der Waals surface area contributed by atoms with Crippen LogP contribution in [-0.2, 0) is 0 Å². The van der Waals surface area contributed by atoms with Crippen molar-refractivity contribution < 1.29 is 0 Å². The fourth-order valence-corrected chi connectivity index (χ4v) is 7.01. The van der Waals surface area contributed by atoms with E-state index in [0.29, 0.717) is 0 Å². The summed E-state index contributed by atoms with van der Waals surface area (Å²) in [5.74, 6) is 0. The smallest absolute Gasteiger partial charge is 0.00262 e. The summed E-state index contributed by atoms with van der Waals surface area (Å²) in [6.07, 6.45) is 0. The molecule has 0 saturated heterocycles.